The number of ether oxygens (including phenoxy) is 3. The fourth-order valence-electron chi connectivity index (χ4n) is 1.88. The summed E-state index contributed by atoms with van der Waals surface area (Å²) >= 11 is 11.7. The first-order chi connectivity index (χ1) is 10.1. The molecular formula is C14H18Cl3NO4. The van der Waals surface area contributed by atoms with Crippen LogP contribution in [0.25, 0.3) is 0 Å². The van der Waals surface area contributed by atoms with Crippen molar-refractivity contribution in [1.82, 2.24) is 4.90 Å². The van der Waals surface area contributed by atoms with Gasteiger partial charge in [-0.05, 0) is 18.2 Å². The van der Waals surface area contributed by atoms with Crippen molar-refractivity contribution in [3.05, 3.63) is 28.2 Å². The van der Waals surface area contributed by atoms with Crippen molar-refractivity contribution >= 4 is 41.6 Å². The van der Waals surface area contributed by atoms with E-state index in [1.807, 2.05) is 0 Å². The molecule has 8 heteroatoms. The SMILES string of the molecule is Cl.O=C(COc1ccc(Cl)cc1Cl)OCCN1CCOCC1. The van der Waals surface area contributed by atoms with E-state index in [-0.39, 0.29) is 19.0 Å². The minimum Gasteiger partial charge on any atom is -0.480 e. The Bertz CT molecular complexity index is 481. The first-order valence-corrected chi connectivity index (χ1v) is 7.44. The lowest BCUT2D eigenvalue weighted by molar-refractivity contribution is -0.146. The maximum absolute atomic E-state index is 11.6. The number of rotatable bonds is 6. The van der Waals surface area contributed by atoms with Crippen LogP contribution in [0.2, 0.25) is 10.0 Å². The molecule has 0 unspecified atom stereocenters. The molecule has 1 aliphatic rings. The molecule has 0 atom stereocenters. The van der Waals surface area contributed by atoms with Crippen LogP contribution in [-0.4, -0.2) is 56.9 Å². The van der Waals surface area contributed by atoms with Gasteiger partial charge in [0.25, 0.3) is 0 Å². The van der Waals surface area contributed by atoms with Gasteiger partial charge in [-0.2, -0.15) is 0 Å². The van der Waals surface area contributed by atoms with Gasteiger partial charge in [0.1, 0.15) is 12.4 Å². The fourth-order valence-corrected chi connectivity index (χ4v) is 2.35. The van der Waals surface area contributed by atoms with Crippen LogP contribution in [0.1, 0.15) is 0 Å². The van der Waals surface area contributed by atoms with Crippen LogP contribution in [0.4, 0.5) is 0 Å². The number of nitrogens with zero attached hydrogens (tertiary/aromatic N) is 1. The zero-order valence-corrected chi connectivity index (χ0v) is 14.3. The second-order valence-electron chi connectivity index (χ2n) is 4.54. The number of morpholine rings is 1. The number of benzene rings is 1. The van der Waals surface area contributed by atoms with Gasteiger partial charge in [0.05, 0.1) is 18.2 Å². The molecule has 5 nitrogen and oxygen atoms in total. The molecule has 1 aromatic rings. The van der Waals surface area contributed by atoms with E-state index in [2.05, 4.69) is 4.90 Å². The molecule has 124 valence electrons. The number of halogens is 3. The number of carbonyl (C=O) groups is 1. The average molecular weight is 371 g/mol. The molecule has 1 heterocycles. The second-order valence-corrected chi connectivity index (χ2v) is 5.38. The molecule has 0 bridgehead atoms. The molecular weight excluding hydrogens is 353 g/mol. The smallest absolute Gasteiger partial charge is 0.344 e. The quantitative estimate of drug-likeness (QED) is 0.721. The molecule has 0 radical (unpaired) electrons. The van der Waals surface area contributed by atoms with Crippen molar-refractivity contribution < 1.29 is 19.0 Å². The molecule has 1 aromatic carbocycles. The number of esters is 1. The van der Waals surface area contributed by atoms with E-state index in [9.17, 15) is 4.79 Å². The monoisotopic (exact) mass is 369 g/mol. The van der Waals surface area contributed by atoms with Gasteiger partial charge in [-0.1, -0.05) is 23.2 Å². The topological polar surface area (TPSA) is 48.0 Å². The number of carbonyl (C=O) groups excluding carboxylic acids is 1. The first kappa shape index (κ1) is 19.3. The van der Waals surface area contributed by atoms with E-state index in [1.165, 1.54) is 0 Å². The third kappa shape index (κ3) is 6.58. The fraction of sp³-hybridized carbons (Fsp3) is 0.500. The highest BCUT2D eigenvalue weighted by molar-refractivity contribution is 6.35. The van der Waals surface area contributed by atoms with Crippen LogP contribution < -0.4 is 4.74 Å². The van der Waals surface area contributed by atoms with Crippen LogP contribution in [-0.2, 0) is 14.3 Å². The van der Waals surface area contributed by atoms with Gasteiger partial charge in [-0.25, -0.2) is 4.79 Å². The second kappa shape index (κ2) is 10.1. The zero-order chi connectivity index (χ0) is 15.1. The highest BCUT2D eigenvalue weighted by Crippen LogP contribution is 2.27. The van der Waals surface area contributed by atoms with Crippen molar-refractivity contribution in [2.24, 2.45) is 0 Å². The van der Waals surface area contributed by atoms with Crippen molar-refractivity contribution in [1.29, 1.82) is 0 Å². The summed E-state index contributed by atoms with van der Waals surface area (Å²) in [5, 5.41) is 0.879. The molecule has 2 rings (SSSR count). The predicted octanol–water partition coefficient (Wildman–Crippen LogP) is 2.67. The van der Waals surface area contributed by atoms with Crippen molar-refractivity contribution in [2.75, 3.05) is 46.1 Å². The summed E-state index contributed by atoms with van der Waals surface area (Å²) < 4.78 is 15.7. The summed E-state index contributed by atoms with van der Waals surface area (Å²) in [6.45, 7) is 4.07. The Morgan fingerprint density at radius 2 is 2.00 bits per heavy atom. The first-order valence-electron chi connectivity index (χ1n) is 6.69. The van der Waals surface area contributed by atoms with Gasteiger partial charge < -0.3 is 14.2 Å². The highest BCUT2D eigenvalue weighted by atomic mass is 35.5. The minimum atomic E-state index is -0.422. The largest absolute Gasteiger partial charge is 0.480 e. The van der Waals surface area contributed by atoms with Crippen LogP contribution in [0.5, 0.6) is 5.75 Å². The third-order valence-electron chi connectivity index (χ3n) is 3.01. The Morgan fingerprint density at radius 1 is 1.27 bits per heavy atom. The van der Waals surface area contributed by atoms with Crippen LogP contribution >= 0.6 is 35.6 Å². The van der Waals surface area contributed by atoms with E-state index in [1.54, 1.807) is 18.2 Å². The van der Waals surface area contributed by atoms with E-state index in [0.29, 0.717) is 28.9 Å². The molecule has 0 spiro atoms. The van der Waals surface area contributed by atoms with Gasteiger partial charge in [-0.3, -0.25) is 4.90 Å². The van der Waals surface area contributed by atoms with Crippen molar-refractivity contribution in [3.8, 4) is 5.75 Å². The van der Waals surface area contributed by atoms with Crippen LogP contribution in [0, 0.1) is 0 Å². The maximum Gasteiger partial charge on any atom is 0.344 e. The van der Waals surface area contributed by atoms with Gasteiger partial charge in [-0.15, -0.1) is 12.4 Å². The van der Waals surface area contributed by atoms with Gasteiger partial charge >= 0.3 is 5.97 Å². The van der Waals surface area contributed by atoms with Gasteiger partial charge in [0.15, 0.2) is 6.61 Å². The lowest BCUT2D eigenvalue weighted by atomic mass is 10.3. The Morgan fingerprint density at radius 3 is 2.68 bits per heavy atom. The van der Waals surface area contributed by atoms with Gasteiger partial charge in [0.2, 0.25) is 0 Å². The minimum absolute atomic E-state index is 0. The van der Waals surface area contributed by atoms with Crippen LogP contribution in [0.15, 0.2) is 18.2 Å². The lowest BCUT2D eigenvalue weighted by Crippen LogP contribution is -2.38. The Kier molecular flexibility index (Phi) is 8.90. The van der Waals surface area contributed by atoms with E-state index < -0.39 is 5.97 Å². The molecule has 22 heavy (non-hydrogen) atoms. The molecule has 1 saturated heterocycles. The predicted molar refractivity (Wildman–Crippen MR) is 87.4 cm³/mol. The van der Waals surface area contributed by atoms with Crippen molar-refractivity contribution in [3.63, 3.8) is 0 Å². The van der Waals surface area contributed by atoms with E-state index in [0.717, 1.165) is 26.3 Å². The third-order valence-corrected chi connectivity index (χ3v) is 3.54. The molecule has 0 saturated carbocycles. The molecule has 0 amide bonds. The Labute approximate surface area is 145 Å². The van der Waals surface area contributed by atoms with Crippen molar-refractivity contribution in [2.45, 2.75) is 0 Å². The summed E-state index contributed by atoms with van der Waals surface area (Å²) in [6, 6.07) is 4.82. The lowest BCUT2D eigenvalue weighted by Gasteiger charge is -2.26. The molecule has 0 N–H and O–H groups in total. The Balaban J connectivity index is 0.00000242. The average Bonchev–Trinajstić information content (AvgIpc) is 2.47. The maximum atomic E-state index is 11.6. The number of hydrogen-bond donors (Lipinski definition) is 0. The summed E-state index contributed by atoms with van der Waals surface area (Å²) in [7, 11) is 0. The molecule has 0 aromatic heterocycles. The molecule has 1 fully saturated rings. The normalized spacial score (nSPS) is 15.0. The number of hydrogen-bond acceptors (Lipinski definition) is 5. The van der Waals surface area contributed by atoms with E-state index in [4.69, 9.17) is 37.4 Å². The highest BCUT2D eigenvalue weighted by Gasteiger charge is 2.11. The Hall–Kier alpha value is -0.720. The van der Waals surface area contributed by atoms with Crippen LogP contribution in [0.3, 0.4) is 0 Å². The summed E-state index contributed by atoms with van der Waals surface area (Å²) in [4.78, 5) is 13.8. The summed E-state index contributed by atoms with van der Waals surface area (Å²) in [6.07, 6.45) is 0. The molecule has 1 aliphatic heterocycles. The standard InChI is InChI=1S/C14H17Cl2NO4.ClH/c15-11-1-2-13(12(16)9-11)21-10-14(18)20-8-5-17-3-6-19-7-4-17;/h1-2,9H,3-8,10H2;1H. The summed E-state index contributed by atoms with van der Waals surface area (Å²) in [5.74, 6) is -0.0135. The summed E-state index contributed by atoms with van der Waals surface area (Å²) in [5.41, 5.74) is 0. The van der Waals surface area contributed by atoms with Gasteiger partial charge in [0, 0.05) is 24.7 Å². The molecule has 0 aliphatic carbocycles. The van der Waals surface area contributed by atoms with E-state index >= 15 is 0 Å². The zero-order valence-electron chi connectivity index (χ0n) is 11.9.